The zero-order chi connectivity index (χ0) is 16.1. The fourth-order valence-corrected chi connectivity index (χ4v) is 2.97. The van der Waals surface area contributed by atoms with Crippen LogP contribution < -0.4 is 0 Å². The monoisotopic (exact) mass is 322 g/mol. The lowest BCUT2D eigenvalue weighted by Crippen LogP contribution is -2.41. The zero-order valence-corrected chi connectivity index (χ0v) is 12.7. The summed E-state index contributed by atoms with van der Waals surface area (Å²) in [5.41, 5.74) is -0.886. The fourth-order valence-electron chi connectivity index (χ4n) is 1.97. The van der Waals surface area contributed by atoms with Gasteiger partial charge in [-0.05, 0) is 17.7 Å². The Kier molecular flexibility index (Phi) is 5.31. The molecule has 0 spiro atoms. The molecule has 118 valence electrons. The molecule has 0 bridgehead atoms. The van der Waals surface area contributed by atoms with Crippen molar-refractivity contribution in [1.82, 2.24) is 0 Å². The smallest absolute Gasteiger partial charge is 0.297 e. The number of aliphatic hydroxyl groups excluding tert-OH is 1. The summed E-state index contributed by atoms with van der Waals surface area (Å²) in [4.78, 5) is 0.00926. The lowest BCUT2D eigenvalue weighted by atomic mass is 9.96. The molecule has 0 fully saturated rings. The van der Waals surface area contributed by atoms with Gasteiger partial charge in [0.05, 0.1) is 18.1 Å². The second-order valence-electron chi connectivity index (χ2n) is 5.07. The molecule has 2 aromatic rings. The lowest BCUT2D eigenvalue weighted by Gasteiger charge is -2.25. The Morgan fingerprint density at radius 2 is 1.50 bits per heavy atom. The van der Waals surface area contributed by atoms with Crippen LogP contribution in [-0.2, 0) is 20.7 Å². The molecule has 0 saturated heterocycles. The first-order valence-corrected chi connectivity index (χ1v) is 8.18. The molecular formula is C16H18O5S. The van der Waals surface area contributed by atoms with Crippen LogP contribution in [0.3, 0.4) is 0 Å². The molecule has 0 radical (unpaired) electrons. The Labute approximate surface area is 129 Å². The summed E-state index contributed by atoms with van der Waals surface area (Å²) < 4.78 is 29.0. The highest BCUT2D eigenvalue weighted by atomic mass is 32.2. The van der Waals surface area contributed by atoms with Gasteiger partial charge < -0.3 is 10.2 Å². The number of hydrogen-bond acceptors (Lipinski definition) is 5. The minimum Gasteiger partial charge on any atom is -0.393 e. The summed E-state index contributed by atoms with van der Waals surface area (Å²) in [6.45, 7) is -1.12. The standard InChI is InChI=1S/C16H18O5S/c17-12-16(18,11-14-7-3-1-4-8-14)13-21-22(19,20)15-9-5-2-6-10-15/h1-10,17-18H,11-13H2/t16-/m1/s1. The minimum absolute atomic E-state index is 0.00926. The van der Waals surface area contributed by atoms with Crippen molar-refractivity contribution in [2.24, 2.45) is 0 Å². The Hall–Kier alpha value is -1.73. The summed E-state index contributed by atoms with van der Waals surface area (Å²) in [6.07, 6.45) is 0.0919. The molecule has 5 nitrogen and oxygen atoms in total. The van der Waals surface area contributed by atoms with E-state index in [-0.39, 0.29) is 11.3 Å². The van der Waals surface area contributed by atoms with Gasteiger partial charge in [-0.3, -0.25) is 4.18 Å². The fraction of sp³-hybridized carbons (Fsp3) is 0.250. The van der Waals surface area contributed by atoms with Crippen LogP contribution in [0.2, 0.25) is 0 Å². The molecule has 2 aromatic carbocycles. The maximum atomic E-state index is 12.0. The van der Waals surface area contributed by atoms with Gasteiger partial charge in [-0.15, -0.1) is 0 Å². The summed E-state index contributed by atoms with van der Waals surface area (Å²) in [7, 11) is -3.97. The van der Waals surface area contributed by atoms with Gasteiger partial charge in [0.2, 0.25) is 0 Å². The van der Waals surface area contributed by atoms with E-state index >= 15 is 0 Å². The highest BCUT2D eigenvalue weighted by Crippen LogP contribution is 2.18. The molecule has 0 aliphatic rings. The van der Waals surface area contributed by atoms with Crippen molar-refractivity contribution in [3.63, 3.8) is 0 Å². The van der Waals surface area contributed by atoms with Crippen molar-refractivity contribution >= 4 is 10.1 Å². The van der Waals surface area contributed by atoms with Crippen LogP contribution in [0.15, 0.2) is 65.6 Å². The molecule has 0 heterocycles. The molecule has 0 aliphatic carbocycles. The largest absolute Gasteiger partial charge is 0.393 e. The van der Waals surface area contributed by atoms with E-state index in [1.54, 1.807) is 42.5 Å². The first-order valence-electron chi connectivity index (χ1n) is 6.77. The average molecular weight is 322 g/mol. The van der Waals surface area contributed by atoms with Gasteiger partial charge in [-0.25, -0.2) is 0 Å². The maximum Gasteiger partial charge on any atom is 0.297 e. The van der Waals surface area contributed by atoms with Crippen LogP contribution in [0.1, 0.15) is 5.56 Å². The maximum absolute atomic E-state index is 12.0. The molecule has 22 heavy (non-hydrogen) atoms. The van der Waals surface area contributed by atoms with E-state index in [2.05, 4.69) is 0 Å². The van der Waals surface area contributed by atoms with Gasteiger partial charge >= 0.3 is 0 Å². The van der Waals surface area contributed by atoms with E-state index in [1.807, 2.05) is 6.07 Å². The Morgan fingerprint density at radius 3 is 2.05 bits per heavy atom. The Balaban J connectivity index is 2.07. The predicted molar refractivity (Wildman–Crippen MR) is 81.8 cm³/mol. The lowest BCUT2D eigenvalue weighted by molar-refractivity contribution is -0.0453. The van der Waals surface area contributed by atoms with Gasteiger partial charge in [-0.2, -0.15) is 8.42 Å². The van der Waals surface area contributed by atoms with Crippen molar-refractivity contribution in [3.05, 3.63) is 66.2 Å². The summed E-state index contributed by atoms with van der Waals surface area (Å²) in [5, 5.41) is 19.7. The van der Waals surface area contributed by atoms with E-state index in [0.717, 1.165) is 5.56 Å². The van der Waals surface area contributed by atoms with E-state index in [4.69, 9.17) is 4.18 Å². The van der Waals surface area contributed by atoms with Gasteiger partial charge in [-0.1, -0.05) is 48.5 Å². The summed E-state index contributed by atoms with van der Waals surface area (Å²) in [5.74, 6) is 0. The highest BCUT2D eigenvalue weighted by molar-refractivity contribution is 7.86. The van der Waals surface area contributed by atoms with E-state index in [9.17, 15) is 18.6 Å². The number of hydrogen-bond donors (Lipinski definition) is 2. The summed E-state index contributed by atoms with van der Waals surface area (Å²) in [6, 6.07) is 16.7. The second-order valence-corrected chi connectivity index (χ2v) is 6.69. The van der Waals surface area contributed by atoms with Gasteiger partial charge in [0, 0.05) is 6.42 Å². The van der Waals surface area contributed by atoms with E-state index < -0.39 is 28.9 Å². The minimum atomic E-state index is -3.97. The molecule has 2 N–H and O–H groups in total. The van der Waals surface area contributed by atoms with Crippen molar-refractivity contribution in [2.45, 2.75) is 16.9 Å². The molecule has 0 aromatic heterocycles. The van der Waals surface area contributed by atoms with Crippen LogP contribution in [0.5, 0.6) is 0 Å². The Bertz CT molecular complexity index is 685. The number of benzene rings is 2. The van der Waals surface area contributed by atoms with Crippen LogP contribution in [0.25, 0.3) is 0 Å². The topological polar surface area (TPSA) is 83.8 Å². The third-order valence-electron chi connectivity index (χ3n) is 3.18. The van der Waals surface area contributed by atoms with Crippen LogP contribution in [0, 0.1) is 0 Å². The molecule has 0 aliphatic heterocycles. The normalized spacial score (nSPS) is 14.5. The number of rotatable bonds is 7. The molecular weight excluding hydrogens is 304 g/mol. The first kappa shape index (κ1) is 16.6. The number of aliphatic hydroxyl groups is 2. The first-order chi connectivity index (χ1) is 10.5. The quantitative estimate of drug-likeness (QED) is 0.752. The van der Waals surface area contributed by atoms with Crippen molar-refractivity contribution in [3.8, 4) is 0 Å². The highest BCUT2D eigenvalue weighted by Gasteiger charge is 2.30. The van der Waals surface area contributed by atoms with Gasteiger partial charge in [0.15, 0.2) is 0 Å². The molecule has 1 atom stereocenters. The Morgan fingerprint density at radius 1 is 0.955 bits per heavy atom. The van der Waals surface area contributed by atoms with Crippen molar-refractivity contribution in [2.75, 3.05) is 13.2 Å². The molecule has 2 rings (SSSR count). The second kappa shape index (κ2) is 7.02. The molecule has 0 saturated carbocycles. The third-order valence-corrected chi connectivity index (χ3v) is 4.46. The molecule has 0 unspecified atom stereocenters. The third kappa shape index (κ3) is 4.38. The SMILES string of the molecule is O=S(=O)(OC[C@](O)(CO)Cc1ccccc1)c1ccccc1. The van der Waals surface area contributed by atoms with E-state index in [0.29, 0.717) is 0 Å². The van der Waals surface area contributed by atoms with Crippen molar-refractivity contribution in [1.29, 1.82) is 0 Å². The molecule has 0 amide bonds. The van der Waals surface area contributed by atoms with E-state index in [1.165, 1.54) is 12.1 Å². The van der Waals surface area contributed by atoms with Gasteiger partial charge in [0.25, 0.3) is 10.1 Å². The van der Waals surface area contributed by atoms with Crippen molar-refractivity contribution < 1.29 is 22.8 Å². The van der Waals surface area contributed by atoms with Gasteiger partial charge in [0.1, 0.15) is 5.60 Å². The van der Waals surface area contributed by atoms with Crippen LogP contribution in [0.4, 0.5) is 0 Å². The predicted octanol–water partition coefficient (Wildman–Crippen LogP) is 1.36. The van der Waals surface area contributed by atoms with Crippen LogP contribution >= 0.6 is 0 Å². The average Bonchev–Trinajstić information content (AvgIpc) is 2.55. The van der Waals surface area contributed by atoms with Crippen LogP contribution in [-0.4, -0.2) is 37.4 Å². The molecule has 6 heteroatoms. The summed E-state index contributed by atoms with van der Waals surface area (Å²) >= 11 is 0. The zero-order valence-electron chi connectivity index (χ0n) is 11.9.